The number of nitrogens with zero attached hydrogens (tertiary/aromatic N) is 2. The van der Waals surface area contributed by atoms with Gasteiger partial charge in [0.1, 0.15) is 5.75 Å². The molecule has 27 heavy (non-hydrogen) atoms. The maximum absolute atomic E-state index is 12.3. The molecule has 7 heteroatoms. The second-order valence-electron chi connectivity index (χ2n) is 6.03. The molecule has 0 saturated heterocycles. The Bertz CT molecular complexity index is 910. The Hall–Kier alpha value is -3.45. The summed E-state index contributed by atoms with van der Waals surface area (Å²) in [7, 11) is 1.61. The van der Waals surface area contributed by atoms with Crippen molar-refractivity contribution in [1.82, 2.24) is 9.97 Å². The van der Waals surface area contributed by atoms with Crippen LogP contribution in [-0.4, -0.2) is 29.0 Å². The van der Waals surface area contributed by atoms with Crippen molar-refractivity contribution in [3.63, 3.8) is 0 Å². The van der Waals surface area contributed by atoms with Crippen molar-refractivity contribution in [2.24, 2.45) is 5.73 Å². The first kappa shape index (κ1) is 18.3. The van der Waals surface area contributed by atoms with Crippen LogP contribution in [0.15, 0.2) is 60.8 Å². The molecular weight excluding hydrogens is 342 g/mol. The summed E-state index contributed by atoms with van der Waals surface area (Å²) < 4.78 is 5.12. The summed E-state index contributed by atoms with van der Waals surface area (Å²) in [6.45, 7) is 0. The number of anilines is 2. The van der Waals surface area contributed by atoms with E-state index in [-0.39, 0.29) is 11.9 Å². The van der Waals surface area contributed by atoms with E-state index in [2.05, 4.69) is 15.3 Å². The highest BCUT2D eigenvalue weighted by atomic mass is 16.5. The number of benzene rings is 2. The smallest absolute Gasteiger partial charge is 0.241 e. The van der Waals surface area contributed by atoms with Gasteiger partial charge >= 0.3 is 0 Å². The number of nitrogens with two attached hydrogens (primary N) is 2. The van der Waals surface area contributed by atoms with Crippen molar-refractivity contribution in [2.75, 3.05) is 18.2 Å². The fraction of sp³-hybridized carbons (Fsp3) is 0.150. The Morgan fingerprint density at radius 3 is 2.44 bits per heavy atom. The molecule has 3 aromatic rings. The minimum atomic E-state index is -0.653. The third-order valence-electron chi connectivity index (χ3n) is 4.07. The number of carbonyl (C=O) groups is 1. The predicted octanol–water partition coefficient (Wildman–Crippen LogP) is 2.24. The van der Waals surface area contributed by atoms with Gasteiger partial charge in [0.2, 0.25) is 11.9 Å². The lowest BCUT2D eigenvalue weighted by molar-refractivity contribution is -0.117. The molecule has 5 N–H and O–H groups in total. The Morgan fingerprint density at radius 2 is 1.81 bits per heavy atom. The van der Waals surface area contributed by atoms with Gasteiger partial charge in [-0.05, 0) is 42.3 Å². The number of rotatable bonds is 6. The van der Waals surface area contributed by atoms with E-state index < -0.39 is 6.04 Å². The standard InChI is InChI=1S/C20H21N5O2/c1-27-16-8-2-13(3-9-16)12-17(21)19(26)24-15-6-4-14(5-7-15)18-10-11-23-20(22)25-18/h2-11,17H,12,21H2,1H3,(H,24,26)(H2,22,23,25)/t17-/m1/s1. The lowest BCUT2D eigenvalue weighted by Crippen LogP contribution is -2.37. The van der Waals surface area contributed by atoms with Gasteiger partial charge in [-0.3, -0.25) is 4.79 Å². The second-order valence-corrected chi connectivity index (χ2v) is 6.03. The molecule has 0 aliphatic heterocycles. The lowest BCUT2D eigenvalue weighted by Gasteiger charge is -2.13. The SMILES string of the molecule is COc1ccc(C[C@@H](N)C(=O)Nc2ccc(-c3ccnc(N)n3)cc2)cc1. The Balaban J connectivity index is 1.61. The molecule has 1 heterocycles. The van der Waals surface area contributed by atoms with E-state index in [1.807, 2.05) is 36.4 Å². The number of carbonyl (C=O) groups excluding carboxylic acids is 1. The fourth-order valence-corrected chi connectivity index (χ4v) is 2.60. The highest BCUT2D eigenvalue weighted by molar-refractivity contribution is 5.95. The molecule has 1 amide bonds. The number of amides is 1. The molecule has 0 unspecified atom stereocenters. The average molecular weight is 363 g/mol. The summed E-state index contributed by atoms with van der Waals surface area (Å²) in [4.78, 5) is 20.4. The summed E-state index contributed by atoms with van der Waals surface area (Å²) >= 11 is 0. The van der Waals surface area contributed by atoms with E-state index in [9.17, 15) is 4.79 Å². The maximum atomic E-state index is 12.3. The van der Waals surface area contributed by atoms with Gasteiger partial charge in [-0.15, -0.1) is 0 Å². The highest BCUT2D eigenvalue weighted by Crippen LogP contribution is 2.20. The first-order valence-electron chi connectivity index (χ1n) is 8.43. The zero-order chi connectivity index (χ0) is 19.2. The van der Waals surface area contributed by atoms with E-state index in [1.165, 1.54) is 0 Å². The Labute approximate surface area is 157 Å². The number of ether oxygens (including phenoxy) is 1. The van der Waals surface area contributed by atoms with E-state index in [1.54, 1.807) is 31.5 Å². The molecule has 0 fully saturated rings. The van der Waals surface area contributed by atoms with E-state index in [0.29, 0.717) is 12.1 Å². The van der Waals surface area contributed by atoms with Gasteiger partial charge in [-0.1, -0.05) is 24.3 Å². The van der Waals surface area contributed by atoms with Crippen LogP contribution in [0.5, 0.6) is 5.75 Å². The number of aromatic nitrogens is 2. The molecular formula is C20H21N5O2. The van der Waals surface area contributed by atoms with Crippen LogP contribution in [-0.2, 0) is 11.2 Å². The van der Waals surface area contributed by atoms with Crippen LogP contribution in [0.2, 0.25) is 0 Å². The maximum Gasteiger partial charge on any atom is 0.241 e. The highest BCUT2D eigenvalue weighted by Gasteiger charge is 2.14. The minimum Gasteiger partial charge on any atom is -0.497 e. The molecule has 7 nitrogen and oxygen atoms in total. The lowest BCUT2D eigenvalue weighted by atomic mass is 10.1. The third-order valence-corrected chi connectivity index (χ3v) is 4.07. The number of nitrogen functional groups attached to an aromatic ring is 1. The minimum absolute atomic E-state index is 0.217. The fourth-order valence-electron chi connectivity index (χ4n) is 2.60. The van der Waals surface area contributed by atoms with Crippen LogP contribution < -0.4 is 21.5 Å². The molecule has 1 aromatic heterocycles. The monoisotopic (exact) mass is 363 g/mol. The van der Waals surface area contributed by atoms with Crippen LogP contribution in [0.4, 0.5) is 11.6 Å². The van der Waals surface area contributed by atoms with Crippen molar-refractivity contribution in [2.45, 2.75) is 12.5 Å². The van der Waals surface area contributed by atoms with E-state index in [0.717, 1.165) is 22.6 Å². The van der Waals surface area contributed by atoms with Crippen LogP contribution in [0.25, 0.3) is 11.3 Å². The summed E-state index contributed by atoms with van der Waals surface area (Å²) in [6.07, 6.45) is 2.04. The van der Waals surface area contributed by atoms with Crippen LogP contribution >= 0.6 is 0 Å². The molecule has 0 spiro atoms. The molecule has 0 aliphatic rings. The van der Waals surface area contributed by atoms with Gasteiger partial charge in [0, 0.05) is 17.4 Å². The molecule has 0 aliphatic carbocycles. The molecule has 3 rings (SSSR count). The largest absolute Gasteiger partial charge is 0.497 e. The van der Waals surface area contributed by atoms with Crippen molar-refractivity contribution < 1.29 is 9.53 Å². The number of hydrogen-bond acceptors (Lipinski definition) is 6. The van der Waals surface area contributed by atoms with Crippen LogP contribution in [0, 0.1) is 0 Å². The van der Waals surface area contributed by atoms with Gasteiger partial charge in [0.25, 0.3) is 0 Å². The van der Waals surface area contributed by atoms with E-state index >= 15 is 0 Å². The third kappa shape index (κ3) is 4.80. The van der Waals surface area contributed by atoms with Gasteiger partial charge in [0.05, 0.1) is 18.8 Å². The zero-order valence-electron chi connectivity index (χ0n) is 14.9. The van der Waals surface area contributed by atoms with Crippen molar-refractivity contribution in [3.05, 3.63) is 66.4 Å². The Kier molecular flexibility index (Phi) is 5.63. The molecule has 0 radical (unpaired) electrons. The van der Waals surface area contributed by atoms with Crippen molar-refractivity contribution in [1.29, 1.82) is 0 Å². The number of methoxy groups -OCH3 is 1. The predicted molar refractivity (Wildman–Crippen MR) is 105 cm³/mol. The summed E-state index contributed by atoms with van der Waals surface area (Å²) in [5.41, 5.74) is 14.9. The van der Waals surface area contributed by atoms with Crippen molar-refractivity contribution >= 4 is 17.5 Å². The number of nitrogens with one attached hydrogen (secondary N) is 1. The van der Waals surface area contributed by atoms with Gasteiger partial charge in [0.15, 0.2) is 0 Å². The van der Waals surface area contributed by atoms with Crippen LogP contribution in [0.3, 0.4) is 0 Å². The number of hydrogen-bond donors (Lipinski definition) is 3. The van der Waals surface area contributed by atoms with Gasteiger partial charge < -0.3 is 21.5 Å². The summed E-state index contributed by atoms with van der Waals surface area (Å²) in [5.74, 6) is 0.738. The van der Waals surface area contributed by atoms with Gasteiger partial charge in [-0.25, -0.2) is 9.97 Å². The Morgan fingerprint density at radius 1 is 1.11 bits per heavy atom. The first-order chi connectivity index (χ1) is 13.0. The topological polar surface area (TPSA) is 116 Å². The van der Waals surface area contributed by atoms with Gasteiger partial charge in [-0.2, -0.15) is 0 Å². The molecule has 138 valence electrons. The average Bonchev–Trinajstić information content (AvgIpc) is 2.69. The molecule has 1 atom stereocenters. The van der Waals surface area contributed by atoms with Crippen LogP contribution in [0.1, 0.15) is 5.56 Å². The quantitative estimate of drug-likeness (QED) is 0.618. The first-order valence-corrected chi connectivity index (χ1v) is 8.43. The summed E-state index contributed by atoms with van der Waals surface area (Å²) in [6, 6.07) is 15.9. The molecule has 0 saturated carbocycles. The second kappa shape index (κ2) is 8.29. The molecule has 2 aromatic carbocycles. The van der Waals surface area contributed by atoms with Crippen molar-refractivity contribution in [3.8, 4) is 17.0 Å². The summed E-state index contributed by atoms with van der Waals surface area (Å²) in [5, 5.41) is 2.83. The zero-order valence-corrected chi connectivity index (χ0v) is 14.9. The van der Waals surface area contributed by atoms with E-state index in [4.69, 9.17) is 16.2 Å². The molecule has 0 bridgehead atoms. The normalized spacial score (nSPS) is 11.6.